The Kier molecular flexibility index (Phi) is 3.32. The van der Waals surface area contributed by atoms with Gasteiger partial charge in [-0.15, -0.1) is 11.3 Å². The minimum absolute atomic E-state index is 0.171. The fourth-order valence-electron chi connectivity index (χ4n) is 3.17. The van der Waals surface area contributed by atoms with Gasteiger partial charge < -0.3 is 0 Å². The number of rotatable bonds is 3. The van der Waals surface area contributed by atoms with E-state index in [1.54, 1.807) is 11.3 Å². The Hall–Kier alpha value is -1.34. The van der Waals surface area contributed by atoms with Gasteiger partial charge in [0.25, 0.3) is 0 Å². The molecule has 3 nitrogen and oxygen atoms in total. The van der Waals surface area contributed by atoms with Gasteiger partial charge in [-0.3, -0.25) is 4.40 Å². The van der Waals surface area contributed by atoms with E-state index in [1.165, 1.54) is 19.3 Å². The van der Waals surface area contributed by atoms with Crippen LogP contribution in [-0.4, -0.2) is 9.38 Å². The van der Waals surface area contributed by atoms with Crippen LogP contribution in [-0.2, 0) is 6.42 Å². The molecule has 0 atom stereocenters. The molecule has 2 aromatic heterocycles. The summed E-state index contributed by atoms with van der Waals surface area (Å²) in [7, 11) is 0. The first-order valence-electron chi connectivity index (χ1n) is 7.07. The van der Waals surface area contributed by atoms with Crippen molar-refractivity contribution in [1.29, 1.82) is 5.26 Å². The highest BCUT2D eigenvalue weighted by Crippen LogP contribution is 2.41. The van der Waals surface area contributed by atoms with Crippen LogP contribution in [0, 0.1) is 22.7 Å². The van der Waals surface area contributed by atoms with Crippen molar-refractivity contribution in [1.82, 2.24) is 9.38 Å². The van der Waals surface area contributed by atoms with E-state index in [-0.39, 0.29) is 5.41 Å². The van der Waals surface area contributed by atoms with E-state index in [1.807, 2.05) is 11.6 Å². The molecule has 100 valence electrons. The average molecular weight is 273 g/mol. The van der Waals surface area contributed by atoms with Gasteiger partial charge in [0.15, 0.2) is 4.96 Å². The van der Waals surface area contributed by atoms with Crippen molar-refractivity contribution in [3.63, 3.8) is 0 Å². The number of fused-ring (bicyclic) bond motifs is 1. The summed E-state index contributed by atoms with van der Waals surface area (Å²) >= 11 is 1.65. The molecule has 0 aliphatic heterocycles. The second kappa shape index (κ2) is 4.97. The maximum absolute atomic E-state index is 9.61. The van der Waals surface area contributed by atoms with Crippen LogP contribution in [0.2, 0.25) is 0 Å². The number of nitriles is 1. The first kappa shape index (κ1) is 12.7. The summed E-state index contributed by atoms with van der Waals surface area (Å²) in [6, 6.07) is 2.60. The molecule has 0 N–H and O–H groups in total. The van der Waals surface area contributed by atoms with E-state index in [0.29, 0.717) is 0 Å². The van der Waals surface area contributed by atoms with Gasteiger partial charge in [-0.2, -0.15) is 5.26 Å². The standard InChI is InChI=1S/C15H19N3S/c1-2-12-3-5-15(11-16,6-4-12)9-13-10-18-7-8-19-14(18)17-13/h7-8,10,12H,2-6,9H2,1H3. The van der Waals surface area contributed by atoms with Crippen LogP contribution < -0.4 is 0 Å². The lowest BCUT2D eigenvalue weighted by molar-refractivity contribution is 0.204. The quantitative estimate of drug-likeness (QED) is 0.846. The molecule has 0 saturated heterocycles. The molecule has 1 saturated carbocycles. The van der Waals surface area contributed by atoms with Crippen molar-refractivity contribution in [2.45, 2.75) is 45.4 Å². The smallest absolute Gasteiger partial charge is 0.193 e. The van der Waals surface area contributed by atoms with Gasteiger partial charge in [-0.25, -0.2) is 4.98 Å². The number of thiazole rings is 1. The molecule has 0 radical (unpaired) electrons. The summed E-state index contributed by atoms with van der Waals surface area (Å²) in [5.74, 6) is 0.826. The molecule has 3 rings (SSSR count). The number of nitrogens with zero attached hydrogens (tertiary/aromatic N) is 3. The van der Waals surface area contributed by atoms with Gasteiger partial charge in [0, 0.05) is 24.2 Å². The van der Waals surface area contributed by atoms with Crippen LogP contribution in [0.5, 0.6) is 0 Å². The molecule has 4 heteroatoms. The summed E-state index contributed by atoms with van der Waals surface area (Å²) in [5.41, 5.74) is 0.902. The highest BCUT2D eigenvalue weighted by atomic mass is 32.1. The third-order valence-corrected chi connectivity index (χ3v) is 5.31. The molecule has 2 heterocycles. The molecule has 19 heavy (non-hydrogen) atoms. The Labute approximate surface area is 117 Å². The van der Waals surface area contributed by atoms with Crippen LogP contribution in [0.3, 0.4) is 0 Å². The van der Waals surface area contributed by atoms with Crippen molar-refractivity contribution in [2.75, 3.05) is 0 Å². The predicted octanol–water partition coefficient (Wildman–Crippen LogP) is 4.05. The lowest BCUT2D eigenvalue weighted by Gasteiger charge is -2.34. The molecule has 0 amide bonds. The zero-order valence-electron chi connectivity index (χ0n) is 11.3. The van der Waals surface area contributed by atoms with E-state index >= 15 is 0 Å². The second-order valence-corrected chi connectivity index (χ2v) is 6.62. The highest BCUT2D eigenvalue weighted by molar-refractivity contribution is 7.15. The number of hydrogen-bond acceptors (Lipinski definition) is 3. The fourth-order valence-corrected chi connectivity index (χ4v) is 3.89. The number of aromatic nitrogens is 2. The Morgan fingerprint density at radius 1 is 1.53 bits per heavy atom. The zero-order valence-corrected chi connectivity index (χ0v) is 12.1. The first-order chi connectivity index (χ1) is 9.24. The van der Waals surface area contributed by atoms with E-state index in [0.717, 1.165) is 35.8 Å². The van der Waals surface area contributed by atoms with Gasteiger partial charge in [0.2, 0.25) is 0 Å². The van der Waals surface area contributed by atoms with Gasteiger partial charge in [-0.1, -0.05) is 13.3 Å². The summed E-state index contributed by atoms with van der Waals surface area (Å²) in [6.45, 7) is 2.26. The molecule has 0 bridgehead atoms. The molecule has 0 unspecified atom stereocenters. The van der Waals surface area contributed by atoms with Crippen LogP contribution >= 0.6 is 11.3 Å². The normalized spacial score (nSPS) is 27.5. The van der Waals surface area contributed by atoms with Crippen LogP contribution in [0.4, 0.5) is 0 Å². The van der Waals surface area contributed by atoms with Crippen molar-refractivity contribution >= 4 is 16.3 Å². The molecule has 0 aromatic carbocycles. The Bertz CT molecular complexity index is 568. The molecule has 1 aliphatic carbocycles. The largest absolute Gasteiger partial charge is 0.297 e. The Morgan fingerprint density at radius 3 is 2.95 bits per heavy atom. The summed E-state index contributed by atoms with van der Waals surface area (Å²) in [5, 5.41) is 11.6. The van der Waals surface area contributed by atoms with Crippen LogP contribution in [0.15, 0.2) is 17.8 Å². The maximum atomic E-state index is 9.61. The predicted molar refractivity (Wildman–Crippen MR) is 77.1 cm³/mol. The fraction of sp³-hybridized carbons (Fsp3) is 0.600. The lowest BCUT2D eigenvalue weighted by atomic mass is 9.68. The highest BCUT2D eigenvalue weighted by Gasteiger charge is 2.35. The molecular weight excluding hydrogens is 254 g/mol. The molecule has 0 spiro atoms. The molecule has 2 aromatic rings. The SMILES string of the molecule is CCC1CCC(C#N)(Cc2cn3ccsc3n2)CC1. The van der Waals surface area contributed by atoms with Crippen molar-refractivity contribution < 1.29 is 0 Å². The summed E-state index contributed by atoms with van der Waals surface area (Å²) in [6.07, 6.45) is 10.6. The van der Waals surface area contributed by atoms with Crippen molar-refractivity contribution in [3.8, 4) is 6.07 Å². The zero-order chi connectivity index (χ0) is 13.3. The third-order valence-electron chi connectivity index (χ3n) is 4.54. The Morgan fingerprint density at radius 2 is 2.32 bits per heavy atom. The van der Waals surface area contributed by atoms with E-state index in [2.05, 4.69) is 28.6 Å². The van der Waals surface area contributed by atoms with Crippen molar-refractivity contribution in [2.24, 2.45) is 11.3 Å². The monoisotopic (exact) mass is 273 g/mol. The van der Waals surface area contributed by atoms with Crippen LogP contribution in [0.1, 0.15) is 44.7 Å². The van der Waals surface area contributed by atoms with E-state index < -0.39 is 0 Å². The van der Waals surface area contributed by atoms with E-state index in [4.69, 9.17) is 0 Å². The average Bonchev–Trinajstić information content (AvgIpc) is 3.00. The van der Waals surface area contributed by atoms with Gasteiger partial charge in [0.05, 0.1) is 17.2 Å². The van der Waals surface area contributed by atoms with Gasteiger partial charge >= 0.3 is 0 Å². The topological polar surface area (TPSA) is 41.1 Å². The maximum Gasteiger partial charge on any atom is 0.193 e. The van der Waals surface area contributed by atoms with Gasteiger partial charge in [-0.05, 0) is 31.6 Å². The van der Waals surface area contributed by atoms with Crippen molar-refractivity contribution in [3.05, 3.63) is 23.5 Å². The number of hydrogen-bond donors (Lipinski definition) is 0. The first-order valence-corrected chi connectivity index (χ1v) is 7.95. The molecular formula is C15H19N3S. The lowest BCUT2D eigenvalue weighted by Crippen LogP contribution is -2.28. The Balaban J connectivity index is 1.76. The summed E-state index contributed by atoms with van der Waals surface area (Å²) < 4.78 is 2.06. The van der Waals surface area contributed by atoms with Crippen LogP contribution in [0.25, 0.3) is 4.96 Å². The molecule has 1 aliphatic rings. The minimum Gasteiger partial charge on any atom is -0.297 e. The third kappa shape index (κ3) is 2.40. The summed E-state index contributed by atoms with van der Waals surface area (Å²) in [4.78, 5) is 5.66. The molecule has 1 fully saturated rings. The van der Waals surface area contributed by atoms with E-state index in [9.17, 15) is 5.26 Å². The van der Waals surface area contributed by atoms with Gasteiger partial charge in [0.1, 0.15) is 0 Å². The number of imidazole rings is 1. The minimum atomic E-state index is -0.171. The second-order valence-electron chi connectivity index (χ2n) is 5.75.